The van der Waals surface area contributed by atoms with Crippen molar-refractivity contribution < 1.29 is 28.6 Å². The zero-order chi connectivity index (χ0) is 48.6. The second-order valence-electron chi connectivity index (χ2n) is 18.5. The van der Waals surface area contributed by atoms with Crippen LogP contribution in [0.4, 0.5) is 0 Å². The molecule has 384 valence electrons. The molecule has 1 atom stereocenters. The van der Waals surface area contributed by atoms with Crippen molar-refractivity contribution in [2.45, 2.75) is 271 Å². The Morgan fingerprint density at radius 2 is 0.612 bits per heavy atom. The number of ether oxygens (including phenoxy) is 3. The lowest BCUT2D eigenvalue weighted by Crippen LogP contribution is -2.30. The van der Waals surface area contributed by atoms with E-state index in [4.69, 9.17) is 14.2 Å². The van der Waals surface area contributed by atoms with Crippen LogP contribution in [0.25, 0.3) is 0 Å². The molecule has 0 N–H and O–H groups in total. The summed E-state index contributed by atoms with van der Waals surface area (Å²) >= 11 is 0. The van der Waals surface area contributed by atoms with Crippen LogP contribution in [0.15, 0.2) is 85.1 Å². The quantitative estimate of drug-likeness (QED) is 0.0262. The highest BCUT2D eigenvalue weighted by molar-refractivity contribution is 5.71. The molecule has 0 aliphatic rings. The van der Waals surface area contributed by atoms with E-state index in [2.05, 4.69) is 106 Å². The zero-order valence-electron chi connectivity index (χ0n) is 43.9. The van der Waals surface area contributed by atoms with E-state index in [1.165, 1.54) is 89.9 Å². The number of rotatable bonds is 50. The van der Waals surface area contributed by atoms with Gasteiger partial charge < -0.3 is 14.2 Å². The van der Waals surface area contributed by atoms with Crippen LogP contribution in [-0.4, -0.2) is 37.2 Å². The monoisotopic (exact) mass is 933 g/mol. The second kappa shape index (κ2) is 55.2. The van der Waals surface area contributed by atoms with Crippen LogP contribution >= 0.6 is 0 Å². The highest BCUT2D eigenvalue weighted by Gasteiger charge is 2.19. The Morgan fingerprint density at radius 1 is 0.313 bits per heavy atom. The fourth-order valence-electron chi connectivity index (χ4n) is 7.64. The summed E-state index contributed by atoms with van der Waals surface area (Å²) < 4.78 is 16.8. The van der Waals surface area contributed by atoms with Crippen molar-refractivity contribution in [3.05, 3.63) is 85.1 Å². The minimum absolute atomic E-state index is 0.0887. The van der Waals surface area contributed by atoms with E-state index in [0.29, 0.717) is 19.3 Å². The van der Waals surface area contributed by atoms with Crippen molar-refractivity contribution in [3.63, 3.8) is 0 Å². The molecule has 0 aromatic rings. The molecule has 0 aromatic heterocycles. The van der Waals surface area contributed by atoms with Gasteiger partial charge in [0.25, 0.3) is 0 Å². The fourth-order valence-corrected chi connectivity index (χ4v) is 7.64. The molecule has 0 spiro atoms. The van der Waals surface area contributed by atoms with E-state index < -0.39 is 6.10 Å². The predicted octanol–water partition coefficient (Wildman–Crippen LogP) is 18.8. The van der Waals surface area contributed by atoms with Gasteiger partial charge in [-0.05, 0) is 109 Å². The van der Waals surface area contributed by atoms with E-state index in [1.54, 1.807) is 0 Å². The Bertz CT molecular complexity index is 1300. The van der Waals surface area contributed by atoms with Crippen molar-refractivity contribution in [1.29, 1.82) is 0 Å². The van der Waals surface area contributed by atoms with Gasteiger partial charge in [-0.25, -0.2) is 0 Å². The maximum Gasteiger partial charge on any atom is 0.306 e. The van der Waals surface area contributed by atoms with Crippen LogP contribution in [-0.2, 0) is 28.6 Å². The van der Waals surface area contributed by atoms with Crippen molar-refractivity contribution in [1.82, 2.24) is 0 Å². The van der Waals surface area contributed by atoms with Gasteiger partial charge in [0.1, 0.15) is 13.2 Å². The first-order valence-corrected chi connectivity index (χ1v) is 28.1. The maximum absolute atomic E-state index is 12.8. The normalized spacial score (nSPS) is 12.7. The summed E-state index contributed by atoms with van der Waals surface area (Å²) in [6.07, 6.45) is 71.4. The Balaban J connectivity index is 4.38. The molecule has 0 rings (SSSR count). The largest absolute Gasteiger partial charge is 0.462 e. The molecular formula is C61H104O6. The molecule has 0 saturated heterocycles. The van der Waals surface area contributed by atoms with Crippen molar-refractivity contribution >= 4 is 17.9 Å². The summed E-state index contributed by atoms with van der Waals surface area (Å²) in [5.41, 5.74) is 0. The number of allylic oxidation sites excluding steroid dienone is 14. The van der Waals surface area contributed by atoms with Crippen molar-refractivity contribution in [2.24, 2.45) is 0 Å². The summed E-state index contributed by atoms with van der Waals surface area (Å²) in [7, 11) is 0. The molecular weight excluding hydrogens is 829 g/mol. The van der Waals surface area contributed by atoms with E-state index in [1.807, 2.05) is 0 Å². The lowest BCUT2D eigenvalue weighted by Gasteiger charge is -2.18. The standard InChI is InChI=1S/C61H104O6/c1-4-7-10-13-16-19-22-25-27-28-29-30-31-32-34-36-39-42-45-48-51-54-60(63)66-57-58(56-65-59(62)53-50-47-44-41-38-35-24-21-18-15-12-9-6-3)67-61(64)55-52-49-46-43-40-37-33-26-23-20-17-14-11-8-5-2/h7,10,12,15-16,19,21,24-27,29-30,33,58H,4-6,8-9,11,13-14,17-18,20,22-23,28,31-32,34-57H2,1-3H3/b10-7-,15-12-,19-16-,24-21-,27-25-,30-29-,33-26-. The third kappa shape index (κ3) is 53.4. The maximum atomic E-state index is 12.8. The average molecular weight is 933 g/mol. The highest BCUT2D eigenvalue weighted by atomic mass is 16.6. The topological polar surface area (TPSA) is 78.9 Å². The molecule has 6 nitrogen and oxygen atoms in total. The molecule has 0 aliphatic carbocycles. The van der Waals surface area contributed by atoms with Gasteiger partial charge in [0.2, 0.25) is 0 Å². The summed E-state index contributed by atoms with van der Waals surface area (Å²) in [4.78, 5) is 38.1. The van der Waals surface area contributed by atoms with Gasteiger partial charge in [0.15, 0.2) is 6.10 Å². The third-order valence-electron chi connectivity index (χ3n) is 11.8. The van der Waals surface area contributed by atoms with E-state index >= 15 is 0 Å². The van der Waals surface area contributed by atoms with Crippen molar-refractivity contribution in [2.75, 3.05) is 13.2 Å². The number of unbranched alkanes of at least 4 members (excludes halogenated alkanes) is 25. The molecule has 0 aromatic carbocycles. The van der Waals surface area contributed by atoms with Crippen molar-refractivity contribution in [3.8, 4) is 0 Å². The summed E-state index contributed by atoms with van der Waals surface area (Å²) in [5, 5.41) is 0. The summed E-state index contributed by atoms with van der Waals surface area (Å²) in [6, 6.07) is 0. The first-order chi connectivity index (χ1) is 33.0. The Hall–Kier alpha value is -3.41. The summed E-state index contributed by atoms with van der Waals surface area (Å²) in [5.74, 6) is -0.915. The molecule has 0 radical (unpaired) electrons. The Morgan fingerprint density at radius 3 is 0.985 bits per heavy atom. The number of carbonyl (C=O) groups excluding carboxylic acids is 3. The summed E-state index contributed by atoms with van der Waals surface area (Å²) in [6.45, 7) is 6.44. The zero-order valence-corrected chi connectivity index (χ0v) is 43.9. The lowest BCUT2D eigenvalue weighted by molar-refractivity contribution is -0.167. The first kappa shape index (κ1) is 63.6. The predicted molar refractivity (Wildman–Crippen MR) is 288 cm³/mol. The van der Waals surface area contributed by atoms with E-state index in [9.17, 15) is 14.4 Å². The smallest absolute Gasteiger partial charge is 0.306 e. The molecule has 0 aliphatic heterocycles. The van der Waals surface area contributed by atoms with Crippen LogP contribution in [0.5, 0.6) is 0 Å². The minimum atomic E-state index is -0.790. The van der Waals surface area contributed by atoms with Crippen LogP contribution in [0.2, 0.25) is 0 Å². The minimum Gasteiger partial charge on any atom is -0.462 e. The molecule has 67 heavy (non-hydrogen) atoms. The van der Waals surface area contributed by atoms with Gasteiger partial charge in [0, 0.05) is 19.3 Å². The molecule has 6 heteroatoms. The molecule has 1 unspecified atom stereocenters. The molecule has 0 fully saturated rings. The first-order valence-electron chi connectivity index (χ1n) is 28.1. The molecule has 0 saturated carbocycles. The third-order valence-corrected chi connectivity index (χ3v) is 11.8. The number of esters is 3. The number of carbonyl (C=O) groups is 3. The number of hydrogen-bond acceptors (Lipinski definition) is 6. The van der Waals surface area contributed by atoms with Crippen LogP contribution < -0.4 is 0 Å². The van der Waals surface area contributed by atoms with Gasteiger partial charge in [0.05, 0.1) is 0 Å². The van der Waals surface area contributed by atoms with Gasteiger partial charge in [-0.15, -0.1) is 0 Å². The fraction of sp³-hybridized carbons (Fsp3) is 0.721. The Kier molecular flexibility index (Phi) is 52.4. The van der Waals surface area contributed by atoms with Gasteiger partial charge >= 0.3 is 17.9 Å². The number of hydrogen-bond donors (Lipinski definition) is 0. The van der Waals surface area contributed by atoms with Crippen LogP contribution in [0, 0.1) is 0 Å². The molecule has 0 bridgehead atoms. The second-order valence-corrected chi connectivity index (χ2v) is 18.5. The lowest BCUT2D eigenvalue weighted by atomic mass is 10.1. The van der Waals surface area contributed by atoms with Crippen LogP contribution in [0.3, 0.4) is 0 Å². The van der Waals surface area contributed by atoms with Gasteiger partial charge in [-0.2, -0.15) is 0 Å². The van der Waals surface area contributed by atoms with E-state index in [0.717, 1.165) is 135 Å². The van der Waals surface area contributed by atoms with E-state index in [-0.39, 0.29) is 31.1 Å². The Labute approximate surface area is 414 Å². The van der Waals surface area contributed by atoms with Gasteiger partial charge in [-0.1, -0.05) is 221 Å². The average Bonchev–Trinajstić information content (AvgIpc) is 3.33. The van der Waals surface area contributed by atoms with Gasteiger partial charge in [-0.3, -0.25) is 14.4 Å². The SMILES string of the molecule is CC/C=C\C/C=C\C/C=C\C/C=C\CCCCCCCCCCC(=O)OCC(COC(=O)CCCCCCC/C=C\C/C=C\CCC)OC(=O)CCCCCCC/C=C\CCCCCCCC. The molecule has 0 amide bonds. The van der Waals surface area contributed by atoms with Crippen LogP contribution in [0.1, 0.15) is 265 Å². The highest BCUT2D eigenvalue weighted by Crippen LogP contribution is 2.14. The molecule has 0 heterocycles.